The van der Waals surface area contributed by atoms with E-state index in [-0.39, 0.29) is 0 Å². The van der Waals surface area contributed by atoms with Gasteiger partial charge in [-0.25, -0.2) is 0 Å². The summed E-state index contributed by atoms with van der Waals surface area (Å²) in [6.45, 7) is 0. The molecule has 1 nitrogen and oxygen atoms in total. The minimum Gasteiger partial charge on any atom is -0.377 e. The van der Waals surface area contributed by atoms with Gasteiger partial charge < -0.3 is 4.74 Å². The standard InChI is InChI=1S/C11H13BrO.C10H9Br/c1-13-11-6-5-9-8(7-12)3-2-4-10(9)11;11-7-9-5-1-3-8-4-2-6-10(8)9/h2-4,11H,5-7H2,1H3;1-5H,6-7H2. The smallest absolute Gasteiger partial charge is 0.0827 e. The van der Waals surface area contributed by atoms with Gasteiger partial charge >= 0.3 is 0 Å². The fourth-order valence-corrected chi connectivity index (χ4v) is 4.60. The van der Waals surface area contributed by atoms with Gasteiger partial charge in [0.15, 0.2) is 0 Å². The highest BCUT2D eigenvalue weighted by molar-refractivity contribution is 9.08. The number of alkyl halides is 2. The van der Waals surface area contributed by atoms with Crippen LogP contribution in [0.2, 0.25) is 0 Å². The van der Waals surface area contributed by atoms with E-state index in [0.29, 0.717) is 6.10 Å². The molecule has 2 aromatic carbocycles. The first-order valence-corrected chi connectivity index (χ1v) is 10.6. The number of ether oxygens (including phenoxy) is 1. The summed E-state index contributed by atoms with van der Waals surface area (Å²) in [6, 6.07) is 13.0. The molecule has 0 heterocycles. The molecule has 0 amide bonds. The second kappa shape index (κ2) is 8.46. The quantitative estimate of drug-likeness (QED) is 0.495. The Kier molecular flexibility index (Phi) is 6.31. The van der Waals surface area contributed by atoms with Gasteiger partial charge in [-0.05, 0) is 52.6 Å². The molecule has 0 radical (unpaired) electrons. The minimum absolute atomic E-state index is 0.328. The zero-order valence-electron chi connectivity index (χ0n) is 13.9. The summed E-state index contributed by atoms with van der Waals surface area (Å²) in [7, 11) is 1.79. The number of allylic oxidation sites excluding steroid dienone is 1. The van der Waals surface area contributed by atoms with Gasteiger partial charge in [0.2, 0.25) is 0 Å². The maximum absolute atomic E-state index is 5.42. The summed E-state index contributed by atoms with van der Waals surface area (Å²) in [5, 5.41) is 1.92. The molecule has 0 N–H and O–H groups in total. The highest BCUT2D eigenvalue weighted by Crippen LogP contribution is 2.35. The Morgan fingerprint density at radius 2 is 1.71 bits per heavy atom. The second-order valence-corrected chi connectivity index (χ2v) is 7.23. The van der Waals surface area contributed by atoms with E-state index in [1.807, 2.05) is 0 Å². The maximum Gasteiger partial charge on any atom is 0.0827 e. The lowest BCUT2D eigenvalue weighted by Gasteiger charge is -2.09. The molecule has 0 saturated heterocycles. The van der Waals surface area contributed by atoms with Gasteiger partial charge in [-0.15, -0.1) is 0 Å². The van der Waals surface area contributed by atoms with Crippen LogP contribution in [0.1, 0.15) is 45.9 Å². The van der Waals surface area contributed by atoms with Crippen molar-refractivity contribution in [3.05, 3.63) is 75.9 Å². The average Bonchev–Trinajstić information content (AvgIpc) is 3.28. The van der Waals surface area contributed by atoms with E-state index in [0.717, 1.165) is 29.9 Å². The first-order chi connectivity index (χ1) is 11.8. The molecular weight excluding hydrogens is 428 g/mol. The van der Waals surface area contributed by atoms with Gasteiger partial charge in [-0.1, -0.05) is 80.4 Å². The van der Waals surface area contributed by atoms with E-state index in [2.05, 4.69) is 80.4 Å². The largest absolute Gasteiger partial charge is 0.377 e. The molecule has 2 aliphatic carbocycles. The molecule has 2 aliphatic rings. The molecule has 0 saturated carbocycles. The van der Waals surface area contributed by atoms with Crippen LogP contribution in [0.15, 0.2) is 42.5 Å². The van der Waals surface area contributed by atoms with Crippen LogP contribution in [0.25, 0.3) is 6.08 Å². The predicted molar refractivity (Wildman–Crippen MR) is 109 cm³/mol. The molecule has 0 bridgehead atoms. The Morgan fingerprint density at radius 1 is 1.00 bits per heavy atom. The Morgan fingerprint density at radius 3 is 2.42 bits per heavy atom. The SMILES string of the molecule is BrCc1cccc2c1CC=C2.COC1CCc2c(CBr)cccc21. The number of halogens is 2. The zero-order chi connectivity index (χ0) is 16.9. The fourth-order valence-electron chi connectivity index (χ4n) is 3.55. The molecule has 4 rings (SSSR count). The van der Waals surface area contributed by atoms with Crippen LogP contribution in [0.3, 0.4) is 0 Å². The molecule has 1 unspecified atom stereocenters. The van der Waals surface area contributed by atoms with Crippen molar-refractivity contribution >= 4 is 37.9 Å². The number of benzene rings is 2. The Balaban J connectivity index is 0.000000143. The van der Waals surface area contributed by atoms with E-state index in [4.69, 9.17) is 4.74 Å². The number of rotatable bonds is 3. The number of hydrogen-bond donors (Lipinski definition) is 0. The minimum atomic E-state index is 0.328. The van der Waals surface area contributed by atoms with E-state index in [1.165, 1.54) is 33.4 Å². The fraction of sp³-hybridized carbons (Fsp3) is 0.333. The summed E-state index contributed by atoms with van der Waals surface area (Å²) in [5.74, 6) is 0. The molecule has 0 spiro atoms. The van der Waals surface area contributed by atoms with E-state index >= 15 is 0 Å². The van der Waals surface area contributed by atoms with Crippen molar-refractivity contribution in [3.8, 4) is 0 Å². The number of hydrogen-bond acceptors (Lipinski definition) is 1. The normalized spacial score (nSPS) is 17.2. The van der Waals surface area contributed by atoms with Crippen LogP contribution in [-0.4, -0.2) is 7.11 Å². The molecule has 126 valence electrons. The lowest BCUT2D eigenvalue weighted by atomic mass is 10.0. The van der Waals surface area contributed by atoms with Gasteiger partial charge in [0.1, 0.15) is 0 Å². The van der Waals surface area contributed by atoms with Crippen molar-refractivity contribution in [2.45, 2.75) is 36.0 Å². The van der Waals surface area contributed by atoms with E-state index in [9.17, 15) is 0 Å². The summed E-state index contributed by atoms with van der Waals surface area (Å²) in [4.78, 5) is 0. The third kappa shape index (κ3) is 3.68. The second-order valence-electron chi connectivity index (χ2n) is 6.11. The number of methoxy groups -OCH3 is 1. The van der Waals surface area contributed by atoms with Crippen molar-refractivity contribution < 1.29 is 4.74 Å². The third-order valence-corrected chi connectivity index (χ3v) is 6.02. The van der Waals surface area contributed by atoms with Crippen LogP contribution < -0.4 is 0 Å². The summed E-state index contributed by atoms with van der Waals surface area (Å²) in [5.41, 5.74) is 8.60. The van der Waals surface area contributed by atoms with Crippen LogP contribution in [0.5, 0.6) is 0 Å². The van der Waals surface area contributed by atoms with Gasteiger partial charge in [0, 0.05) is 17.8 Å². The first kappa shape index (κ1) is 17.9. The van der Waals surface area contributed by atoms with Crippen molar-refractivity contribution in [2.24, 2.45) is 0 Å². The number of fused-ring (bicyclic) bond motifs is 2. The molecule has 3 heteroatoms. The van der Waals surface area contributed by atoms with Gasteiger partial charge in [-0.2, -0.15) is 0 Å². The Bertz CT molecular complexity index is 737. The molecule has 24 heavy (non-hydrogen) atoms. The summed E-state index contributed by atoms with van der Waals surface area (Å²) >= 11 is 7.00. The van der Waals surface area contributed by atoms with Gasteiger partial charge in [0.25, 0.3) is 0 Å². The van der Waals surface area contributed by atoms with Crippen molar-refractivity contribution in [2.75, 3.05) is 7.11 Å². The van der Waals surface area contributed by atoms with Gasteiger partial charge in [0.05, 0.1) is 6.10 Å². The highest BCUT2D eigenvalue weighted by atomic mass is 79.9. The molecule has 1 atom stereocenters. The third-order valence-electron chi connectivity index (χ3n) is 4.81. The first-order valence-electron chi connectivity index (χ1n) is 8.31. The van der Waals surface area contributed by atoms with E-state index < -0.39 is 0 Å². The molecule has 0 aliphatic heterocycles. The lowest BCUT2D eigenvalue weighted by Crippen LogP contribution is -1.96. The van der Waals surface area contributed by atoms with Crippen LogP contribution in [0.4, 0.5) is 0 Å². The maximum atomic E-state index is 5.42. The van der Waals surface area contributed by atoms with Gasteiger partial charge in [-0.3, -0.25) is 0 Å². The molecular formula is C21H22Br2O. The Labute approximate surface area is 161 Å². The Hall–Kier alpha value is -0.900. The highest BCUT2D eigenvalue weighted by Gasteiger charge is 2.23. The van der Waals surface area contributed by atoms with Crippen LogP contribution in [-0.2, 0) is 28.2 Å². The molecule has 0 aromatic heterocycles. The predicted octanol–water partition coefficient (Wildman–Crippen LogP) is 6.37. The zero-order valence-corrected chi connectivity index (χ0v) is 17.1. The van der Waals surface area contributed by atoms with Crippen molar-refractivity contribution in [1.82, 2.24) is 0 Å². The van der Waals surface area contributed by atoms with Crippen LogP contribution >= 0.6 is 31.9 Å². The van der Waals surface area contributed by atoms with Crippen molar-refractivity contribution in [1.29, 1.82) is 0 Å². The summed E-state index contributed by atoms with van der Waals surface area (Å²) in [6.07, 6.45) is 8.15. The van der Waals surface area contributed by atoms with E-state index in [1.54, 1.807) is 7.11 Å². The van der Waals surface area contributed by atoms with Crippen molar-refractivity contribution in [3.63, 3.8) is 0 Å². The van der Waals surface area contributed by atoms with Crippen LogP contribution in [0, 0.1) is 0 Å². The summed E-state index contributed by atoms with van der Waals surface area (Å²) < 4.78 is 5.42. The topological polar surface area (TPSA) is 9.23 Å². The monoisotopic (exact) mass is 448 g/mol. The molecule has 0 fully saturated rings. The lowest BCUT2D eigenvalue weighted by molar-refractivity contribution is 0.105. The average molecular weight is 450 g/mol. The molecule has 2 aromatic rings.